The highest BCUT2D eigenvalue weighted by atomic mass is 19.4. The van der Waals surface area contributed by atoms with E-state index in [9.17, 15) is 26.6 Å². The number of hydrogen-bond donors (Lipinski definition) is 1. The van der Waals surface area contributed by atoms with Gasteiger partial charge in [0, 0.05) is 17.4 Å². The molecule has 1 amide bonds. The highest BCUT2D eigenvalue weighted by Gasteiger charge is 2.30. The molecule has 4 nitrogen and oxygen atoms in total. The van der Waals surface area contributed by atoms with Gasteiger partial charge in [0.1, 0.15) is 5.76 Å². The Morgan fingerprint density at radius 2 is 1.75 bits per heavy atom. The predicted octanol–water partition coefficient (Wildman–Crippen LogP) is 5.10. The quantitative estimate of drug-likeness (QED) is 0.446. The lowest BCUT2D eigenvalue weighted by molar-refractivity contribution is -0.137. The Bertz CT molecular complexity index is 940. The first-order valence-electron chi connectivity index (χ1n) is 8.02. The molecule has 0 bridgehead atoms. The van der Waals surface area contributed by atoms with E-state index in [4.69, 9.17) is 0 Å². The maximum atomic E-state index is 12.9. The molecule has 0 unspecified atom stereocenters. The van der Waals surface area contributed by atoms with Gasteiger partial charge in [-0.25, -0.2) is 8.63 Å². The summed E-state index contributed by atoms with van der Waals surface area (Å²) in [6, 6.07) is 10.2. The van der Waals surface area contributed by atoms with Gasteiger partial charge in [-0.2, -0.15) is 13.2 Å². The average molecular weight is 394 g/mol. The molecular formula is C18H12BF5N2O2. The van der Waals surface area contributed by atoms with Crippen LogP contribution >= 0.6 is 0 Å². The van der Waals surface area contributed by atoms with Gasteiger partial charge in [0.2, 0.25) is 5.91 Å². The Balaban J connectivity index is 1.99. The largest absolute Gasteiger partial charge is 0.796 e. The summed E-state index contributed by atoms with van der Waals surface area (Å²) in [6.07, 6.45) is -3.63. The zero-order chi connectivity index (χ0) is 20.3. The highest BCUT2D eigenvalue weighted by molar-refractivity contribution is 6.36. The van der Waals surface area contributed by atoms with Crippen molar-refractivity contribution < 1.29 is 31.3 Å². The zero-order valence-corrected chi connectivity index (χ0v) is 14.1. The van der Waals surface area contributed by atoms with Gasteiger partial charge in [-0.3, -0.25) is 9.79 Å². The van der Waals surface area contributed by atoms with Gasteiger partial charge in [-0.05, 0) is 36.4 Å². The van der Waals surface area contributed by atoms with E-state index in [-0.39, 0.29) is 29.0 Å². The van der Waals surface area contributed by atoms with Crippen LogP contribution in [0.3, 0.4) is 0 Å². The van der Waals surface area contributed by atoms with Crippen LogP contribution in [0, 0.1) is 0 Å². The van der Waals surface area contributed by atoms with Gasteiger partial charge >= 0.3 is 13.6 Å². The summed E-state index contributed by atoms with van der Waals surface area (Å²) in [5, 5.41) is 2.59. The van der Waals surface area contributed by atoms with Crippen molar-refractivity contribution in [1.29, 1.82) is 0 Å². The zero-order valence-electron chi connectivity index (χ0n) is 14.1. The number of fused-ring (bicyclic) bond motifs is 1. The first-order chi connectivity index (χ1) is 13.2. The molecule has 1 aliphatic rings. The van der Waals surface area contributed by atoms with Crippen molar-refractivity contribution in [2.75, 3.05) is 5.32 Å². The molecule has 0 atom stereocenters. The number of nitrogens with one attached hydrogen (secondary N) is 1. The van der Waals surface area contributed by atoms with Crippen LogP contribution in [0.4, 0.5) is 33.2 Å². The third-order valence-electron chi connectivity index (χ3n) is 3.86. The number of rotatable bonds is 4. The summed E-state index contributed by atoms with van der Waals surface area (Å²) < 4.78 is 68.3. The fourth-order valence-electron chi connectivity index (χ4n) is 2.63. The number of anilines is 1. The molecule has 1 heterocycles. The second-order valence-electron chi connectivity index (χ2n) is 5.81. The first-order valence-corrected chi connectivity index (χ1v) is 8.02. The van der Waals surface area contributed by atoms with Gasteiger partial charge in [0.05, 0.1) is 23.4 Å². The van der Waals surface area contributed by atoms with Gasteiger partial charge in [-0.15, -0.1) is 0 Å². The monoisotopic (exact) mass is 394 g/mol. The van der Waals surface area contributed by atoms with E-state index in [1.807, 2.05) is 0 Å². The number of alkyl halides is 3. The number of nitrogens with zero attached hydrogens (tertiary/aromatic N) is 1. The lowest BCUT2D eigenvalue weighted by atomic mass is 10.1. The maximum Gasteiger partial charge on any atom is 0.796 e. The SMILES string of the molecule is O=C1CC(C=Nc2ccc(C(F)(F)F)cc2)=C(OB(F)F)c2ccccc2N1. The van der Waals surface area contributed by atoms with Crippen LogP contribution in [0.5, 0.6) is 0 Å². The molecule has 0 saturated heterocycles. The Kier molecular flexibility index (Phi) is 5.48. The van der Waals surface area contributed by atoms with Crippen LogP contribution in [-0.2, 0) is 15.6 Å². The Hall–Kier alpha value is -3.17. The smallest absolute Gasteiger partial charge is 0.504 e. The van der Waals surface area contributed by atoms with Crippen LogP contribution in [-0.4, -0.2) is 19.6 Å². The van der Waals surface area contributed by atoms with E-state index >= 15 is 0 Å². The van der Waals surface area contributed by atoms with E-state index in [1.165, 1.54) is 12.1 Å². The van der Waals surface area contributed by atoms with Crippen LogP contribution in [0.15, 0.2) is 59.1 Å². The number of hydrogen-bond acceptors (Lipinski definition) is 3. The molecule has 1 N–H and O–H groups in total. The molecule has 10 heteroatoms. The summed E-state index contributed by atoms with van der Waals surface area (Å²) in [5.41, 5.74) is -0.0451. The first kappa shape index (κ1) is 19.6. The molecule has 0 radical (unpaired) electrons. The van der Waals surface area contributed by atoms with Crippen molar-refractivity contribution in [1.82, 2.24) is 0 Å². The van der Waals surface area contributed by atoms with Crippen LogP contribution in [0.2, 0.25) is 0 Å². The van der Waals surface area contributed by atoms with Crippen LogP contribution in [0.1, 0.15) is 17.5 Å². The van der Waals surface area contributed by atoms with Gasteiger partial charge < -0.3 is 9.97 Å². The maximum absolute atomic E-state index is 12.9. The Labute approximate surface area is 156 Å². The summed E-state index contributed by atoms with van der Waals surface area (Å²) in [7, 11) is -3.13. The molecule has 3 rings (SSSR count). The number of benzene rings is 2. The lowest BCUT2D eigenvalue weighted by Crippen LogP contribution is -2.11. The second kappa shape index (κ2) is 7.83. The van der Waals surface area contributed by atoms with Crippen LogP contribution in [0.25, 0.3) is 5.76 Å². The molecular weight excluding hydrogens is 382 g/mol. The van der Waals surface area contributed by atoms with E-state index in [2.05, 4.69) is 15.0 Å². The number of amides is 1. The molecule has 2 aromatic rings. The fourth-order valence-corrected chi connectivity index (χ4v) is 2.63. The molecule has 0 aliphatic carbocycles. The summed E-state index contributed by atoms with van der Waals surface area (Å²) in [4.78, 5) is 16.1. The minimum atomic E-state index is -4.48. The summed E-state index contributed by atoms with van der Waals surface area (Å²) >= 11 is 0. The van der Waals surface area contributed by atoms with E-state index in [0.717, 1.165) is 30.5 Å². The molecule has 144 valence electrons. The van der Waals surface area contributed by atoms with Gasteiger partial charge in [0.25, 0.3) is 0 Å². The number of aliphatic imine (C=N–C) groups is 1. The van der Waals surface area contributed by atoms with Crippen molar-refractivity contribution in [2.24, 2.45) is 4.99 Å². The molecule has 0 saturated carbocycles. The number of carbonyl (C=O) groups is 1. The molecule has 2 aromatic carbocycles. The van der Waals surface area contributed by atoms with E-state index in [0.29, 0.717) is 5.69 Å². The molecule has 0 fully saturated rings. The second-order valence-corrected chi connectivity index (χ2v) is 5.81. The summed E-state index contributed by atoms with van der Waals surface area (Å²) in [6.45, 7) is 0. The van der Waals surface area contributed by atoms with E-state index < -0.39 is 25.1 Å². The fraction of sp³-hybridized carbons (Fsp3) is 0.111. The molecule has 28 heavy (non-hydrogen) atoms. The van der Waals surface area contributed by atoms with Crippen molar-refractivity contribution >= 4 is 36.7 Å². The third kappa shape index (κ3) is 4.57. The predicted molar refractivity (Wildman–Crippen MR) is 95.3 cm³/mol. The minimum Gasteiger partial charge on any atom is -0.504 e. The standard InChI is InChI=1S/C18H12BF5N2O2/c20-18(21,22)12-5-7-13(8-6-12)25-10-11-9-16(27)26-15-4-2-1-3-14(15)17(11)28-19(23)24/h1-8,10H,9H2,(H,26,27). The average Bonchev–Trinajstić information content (AvgIpc) is 2.75. The topological polar surface area (TPSA) is 50.7 Å². The summed E-state index contributed by atoms with van der Waals surface area (Å²) in [5.74, 6) is -0.686. The molecule has 0 aromatic heterocycles. The number of halogens is 5. The normalized spacial score (nSPS) is 14.5. The van der Waals surface area contributed by atoms with Crippen molar-refractivity contribution in [2.45, 2.75) is 12.6 Å². The third-order valence-corrected chi connectivity index (χ3v) is 3.86. The lowest BCUT2D eigenvalue weighted by Gasteiger charge is -2.12. The minimum absolute atomic E-state index is 0.0719. The van der Waals surface area contributed by atoms with Gasteiger partial charge in [-0.1, -0.05) is 12.1 Å². The van der Waals surface area contributed by atoms with Crippen molar-refractivity contribution in [3.8, 4) is 0 Å². The van der Waals surface area contributed by atoms with Crippen molar-refractivity contribution in [3.05, 3.63) is 65.2 Å². The Morgan fingerprint density at radius 1 is 1.07 bits per heavy atom. The van der Waals surface area contributed by atoms with E-state index in [1.54, 1.807) is 12.1 Å². The van der Waals surface area contributed by atoms with Crippen molar-refractivity contribution in [3.63, 3.8) is 0 Å². The highest BCUT2D eigenvalue weighted by Crippen LogP contribution is 2.33. The van der Waals surface area contributed by atoms with Crippen LogP contribution < -0.4 is 5.32 Å². The Morgan fingerprint density at radius 3 is 2.39 bits per heavy atom. The number of carbonyl (C=O) groups excluding carboxylic acids is 1. The van der Waals surface area contributed by atoms with Gasteiger partial charge in [0.15, 0.2) is 0 Å². The molecule has 1 aliphatic heterocycles. The number of para-hydroxylation sites is 1. The molecule has 0 spiro atoms.